The largest absolute Gasteiger partial charge is 0.486 e. The molecule has 1 aliphatic heterocycles. The summed E-state index contributed by atoms with van der Waals surface area (Å²) < 4.78 is 52.4. The number of halogens is 1. The van der Waals surface area contributed by atoms with E-state index in [-0.39, 0.29) is 11.3 Å². The summed E-state index contributed by atoms with van der Waals surface area (Å²) in [6.07, 6.45) is 0.123. The molecule has 32 heavy (non-hydrogen) atoms. The van der Waals surface area contributed by atoms with Crippen LogP contribution in [0.5, 0.6) is 11.5 Å². The lowest BCUT2D eigenvalue weighted by Gasteiger charge is -2.21. The molecular formula is C23H21FN2O5S. The van der Waals surface area contributed by atoms with Crippen molar-refractivity contribution in [1.29, 1.82) is 0 Å². The van der Waals surface area contributed by atoms with Crippen LogP contribution < -0.4 is 19.5 Å². The number of benzene rings is 3. The number of amides is 1. The van der Waals surface area contributed by atoms with E-state index in [1.165, 1.54) is 0 Å². The van der Waals surface area contributed by atoms with Crippen LogP contribution in [-0.2, 0) is 21.2 Å². The van der Waals surface area contributed by atoms with Gasteiger partial charge in [-0.1, -0.05) is 30.3 Å². The molecule has 0 fully saturated rings. The van der Waals surface area contributed by atoms with E-state index in [2.05, 4.69) is 10.0 Å². The van der Waals surface area contributed by atoms with E-state index < -0.39 is 27.8 Å². The predicted molar refractivity (Wildman–Crippen MR) is 117 cm³/mol. The van der Waals surface area contributed by atoms with Crippen molar-refractivity contribution in [2.24, 2.45) is 0 Å². The number of hydrogen-bond donors (Lipinski definition) is 2. The fourth-order valence-corrected chi connectivity index (χ4v) is 4.45. The van der Waals surface area contributed by atoms with E-state index in [0.29, 0.717) is 30.4 Å². The smallest absolute Gasteiger partial charge is 0.242 e. The lowest BCUT2D eigenvalue weighted by atomic mass is 10.1. The summed E-state index contributed by atoms with van der Waals surface area (Å²) in [4.78, 5) is 12.9. The Morgan fingerprint density at radius 3 is 2.34 bits per heavy atom. The third-order valence-corrected chi connectivity index (χ3v) is 6.32. The molecule has 0 saturated carbocycles. The minimum atomic E-state index is -4.07. The zero-order chi connectivity index (χ0) is 22.6. The molecule has 1 heterocycles. The monoisotopic (exact) mass is 456 g/mol. The quantitative estimate of drug-likeness (QED) is 0.570. The number of carbonyl (C=O) groups is 1. The van der Waals surface area contributed by atoms with Gasteiger partial charge in [0.05, 0.1) is 4.90 Å². The molecule has 3 aromatic rings. The molecule has 0 aliphatic carbocycles. The minimum Gasteiger partial charge on any atom is -0.486 e. The molecule has 0 saturated heterocycles. The highest BCUT2D eigenvalue weighted by Gasteiger charge is 2.27. The van der Waals surface area contributed by atoms with E-state index in [9.17, 15) is 17.6 Å². The van der Waals surface area contributed by atoms with Crippen LogP contribution in [0.1, 0.15) is 5.56 Å². The Morgan fingerprint density at radius 2 is 1.62 bits per heavy atom. The van der Waals surface area contributed by atoms with Gasteiger partial charge >= 0.3 is 0 Å². The summed E-state index contributed by atoms with van der Waals surface area (Å²) in [7, 11) is -4.07. The van der Waals surface area contributed by atoms with Gasteiger partial charge in [-0.3, -0.25) is 4.79 Å². The van der Waals surface area contributed by atoms with Crippen LogP contribution in [0.25, 0.3) is 0 Å². The second-order valence-corrected chi connectivity index (χ2v) is 8.88. The lowest BCUT2D eigenvalue weighted by Crippen LogP contribution is -2.45. The van der Waals surface area contributed by atoms with Crippen molar-refractivity contribution in [2.45, 2.75) is 17.4 Å². The first-order valence-electron chi connectivity index (χ1n) is 9.93. The second-order valence-electron chi connectivity index (χ2n) is 7.17. The summed E-state index contributed by atoms with van der Waals surface area (Å²) in [5, 5.41) is 2.73. The van der Waals surface area contributed by atoms with Crippen LogP contribution in [0.3, 0.4) is 0 Å². The average molecular weight is 456 g/mol. The molecule has 1 atom stereocenters. The van der Waals surface area contributed by atoms with Crippen molar-refractivity contribution in [2.75, 3.05) is 18.5 Å². The van der Waals surface area contributed by atoms with Gasteiger partial charge in [-0.05, 0) is 48.4 Å². The Morgan fingerprint density at radius 1 is 0.938 bits per heavy atom. The van der Waals surface area contributed by atoms with Gasteiger partial charge in [0, 0.05) is 11.8 Å². The summed E-state index contributed by atoms with van der Waals surface area (Å²) >= 11 is 0. The van der Waals surface area contributed by atoms with E-state index in [1.54, 1.807) is 42.5 Å². The number of anilines is 1. The molecule has 4 rings (SSSR count). The predicted octanol–water partition coefficient (Wildman–Crippen LogP) is 3.13. The number of rotatable bonds is 7. The van der Waals surface area contributed by atoms with Crippen molar-refractivity contribution in [3.63, 3.8) is 0 Å². The maximum Gasteiger partial charge on any atom is 0.242 e. The van der Waals surface area contributed by atoms with E-state index in [1.807, 2.05) is 6.07 Å². The maximum absolute atomic E-state index is 13.2. The van der Waals surface area contributed by atoms with Crippen LogP contribution in [-0.4, -0.2) is 33.6 Å². The molecule has 2 N–H and O–H groups in total. The van der Waals surface area contributed by atoms with Crippen LogP contribution >= 0.6 is 0 Å². The van der Waals surface area contributed by atoms with Crippen molar-refractivity contribution < 1.29 is 27.1 Å². The van der Waals surface area contributed by atoms with Crippen molar-refractivity contribution in [3.05, 3.63) is 84.2 Å². The molecule has 3 aromatic carbocycles. The Kier molecular flexibility index (Phi) is 6.38. The molecule has 1 amide bonds. The SMILES string of the molecule is O=C(Nc1ccc2c(c1)OCCO2)[C@H](Cc1ccccc1)NS(=O)(=O)c1ccc(F)cc1. The normalized spacial score (nSPS) is 13.9. The van der Waals surface area contributed by atoms with Gasteiger partial charge in [-0.15, -0.1) is 0 Å². The molecule has 9 heteroatoms. The van der Waals surface area contributed by atoms with Crippen LogP contribution in [0.4, 0.5) is 10.1 Å². The highest BCUT2D eigenvalue weighted by Crippen LogP contribution is 2.32. The number of carbonyl (C=O) groups excluding carboxylic acids is 1. The maximum atomic E-state index is 13.2. The third kappa shape index (κ3) is 5.24. The van der Waals surface area contributed by atoms with Gasteiger partial charge < -0.3 is 14.8 Å². The Labute approximate surface area is 185 Å². The van der Waals surface area contributed by atoms with Gasteiger partial charge in [0.1, 0.15) is 25.1 Å². The highest BCUT2D eigenvalue weighted by atomic mass is 32.2. The molecule has 0 unspecified atom stereocenters. The minimum absolute atomic E-state index is 0.123. The third-order valence-electron chi connectivity index (χ3n) is 4.83. The van der Waals surface area contributed by atoms with Crippen molar-refractivity contribution >= 4 is 21.6 Å². The first-order valence-corrected chi connectivity index (χ1v) is 11.4. The fourth-order valence-electron chi connectivity index (χ4n) is 3.26. The van der Waals surface area contributed by atoms with Crippen LogP contribution in [0.15, 0.2) is 77.7 Å². The molecule has 1 aliphatic rings. The average Bonchev–Trinajstić information content (AvgIpc) is 2.79. The van der Waals surface area contributed by atoms with E-state index >= 15 is 0 Å². The Balaban J connectivity index is 1.57. The molecule has 0 bridgehead atoms. The standard InChI is InChI=1S/C23H21FN2O5S/c24-17-6-9-19(10-7-17)32(28,29)26-20(14-16-4-2-1-3-5-16)23(27)25-18-8-11-21-22(15-18)31-13-12-30-21/h1-11,15,20,26H,12-14H2,(H,25,27)/t20-/m0/s1. The molecular weight excluding hydrogens is 435 g/mol. The number of nitrogens with one attached hydrogen (secondary N) is 2. The van der Waals surface area contributed by atoms with Crippen LogP contribution in [0, 0.1) is 5.82 Å². The summed E-state index contributed by atoms with van der Waals surface area (Å²) in [6.45, 7) is 0.849. The Hall–Kier alpha value is -3.43. The summed E-state index contributed by atoms with van der Waals surface area (Å²) in [6, 6.07) is 17.3. The van der Waals surface area contributed by atoms with Crippen molar-refractivity contribution in [3.8, 4) is 11.5 Å². The van der Waals surface area contributed by atoms with Gasteiger partial charge in [0.2, 0.25) is 15.9 Å². The number of hydrogen-bond acceptors (Lipinski definition) is 5. The van der Waals surface area contributed by atoms with E-state index in [0.717, 1.165) is 29.8 Å². The first kappa shape index (κ1) is 21.8. The molecule has 0 spiro atoms. The first-order chi connectivity index (χ1) is 15.4. The van der Waals surface area contributed by atoms with Crippen LogP contribution in [0.2, 0.25) is 0 Å². The summed E-state index contributed by atoms with van der Waals surface area (Å²) in [5.74, 6) is -0.0231. The number of ether oxygens (including phenoxy) is 2. The molecule has 7 nitrogen and oxygen atoms in total. The van der Waals surface area contributed by atoms with Crippen molar-refractivity contribution in [1.82, 2.24) is 4.72 Å². The molecule has 0 radical (unpaired) electrons. The number of sulfonamides is 1. The zero-order valence-electron chi connectivity index (χ0n) is 17.0. The lowest BCUT2D eigenvalue weighted by molar-refractivity contribution is -0.117. The van der Waals surface area contributed by atoms with Gasteiger partial charge in [0.15, 0.2) is 11.5 Å². The van der Waals surface area contributed by atoms with Gasteiger partial charge in [-0.25, -0.2) is 12.8 Å². The van der Waals surface area contributed by atoms with Gasteiger partial charge in [0.25, 0.3) is 0 Å². The highest BCUT2D eigenvalue weighted by molar-refractivity contribution is 7.89. The van der Waals surface area contributed by atoms with Gasteiger partial charge in [-0.2, -0.15) is 4.72 Å². The molecule has 166 valence electrons. The number of fused-ring (bicyclic) bond motifs is 1. The fraction of sp³-hybridized carbons (Fsp3) is 0.174. The zero-order valence-corrected chi connectivity index (χ0v) is 17.8. The summed E-state index contributed by atoms with van der Waals surface area (Å²) in [5.41, 5.74) is 1.22. The Bertz CT molecular complexity index is 1200. The topological polar surface area (TPSA) is 93.7 Å². The van der Waals surface area contributed by atoms with E-state index in [4.69, 9.17) is 9.47 Å². The molecule has 0 aromatic heterocycles. The second kappa shape index (κ2) is 9.37.